The van der Waals surface area contributed by atoms with Gasteiger partial charge in [-0.2, -0.15) is 0 Å². The average molecular weight is 309 g/mol. The maximum atomic E-state index is 11.9. The monoisotopic (exact) mass is 309 g/mol. The van der Waals surface area contributed by atoms with Crippen LogP contribution in [0.1, 0.15) is 19.6 Å². The Labute approximate surface area is 124 Å². The van der Waals surface area contributed by atoms with Crippen molar-refractivity contribution in [2.45, 2.75) is 31.7 Å². The Morgan fingerprint density at radius 2 is 2.45 bits per heavy atom. The van der Waals surface area contributed by atoms with Crippen molar-refractivity contribution in [1.82, 2.24) is 9.55 Å². The molecule has 1 aromatic rings. The van der Waals surface area contributed by atoms with Crippen molar-refractivity contribution in [3.63, 3.8) is 0 Å². The summed E-state index contributed by atoms with van der Waals surface area (Å²) in [6.07, 6.45) is -0.115. The van der Waals surface area contributed by atoms with Crippen molar-refractivity contribution < 1.29 is 14.6 Å². The van der Waals surface area contributed by atoms with Crippen molar-refractivity contribution in [3.05, 3.63) is 49.8 Å². The van der Waals surface area contributed by atoms with Crippen LogP contribution in [0.3, 0.4) is 0 Å². The molecule has 0 radical (unpaired) electrons. The number of hydrogen-bond donors (Lipinski definition) is 2. The van der Waals surface area contributed by atoms with Crippen molar-refractivity contribution >= 4 is 0 Å². The van der Waals surface area contributed by atoms with Crippen LogP contribution in [0, 0.1) is 0 Å². The molecule has 0 aromatic carbocycles. The summed E-state index contributed by atoms with van der Waals surface area (Å²) in [6, 6.07) is -0.607. The van der Waals surface area contributed by atoms with E-state index in [1.165, 1.54) is 6.20 Å². The van der Waals surface area contributed by atoms with Gasteiger partial charge in [-0.15, -0.1) is 0 Å². The van der Waals surface area contributed by atoms with E-state index < -0.39 is 29.6 Å². The van der Waals surface area contributed by atoms with Crippen molar-refractivity contribution in [2.75, 3.05) is 6.61 Å². The van der Waals surface area contributed by atoms with E-state index in [2.05, 4.69) is 21.6 Å². The molecule has 0 spiro atoms. The minimum atomic E-state index is -0.788. The first kappa shape index (κ1) is 15.8. The van der Waals surface area contributed by atoms with Crippen LogP contribution in [0.25, 0.3) is 10.4 Å². The summed E-state index contributed by atoms with van der Waals surface area (Å²) in [5, 5.41) is 12.8. The molecule has 22 heavy (non-hydrogen) atoms. The third-order valence-corrected chi connectivity index (χ3v) is 3.11. The second kappa shape index (κ2) is 6.48. The average Bonchev–Trinajstić information content (AvgIpc) is 2.84. The number of aromatic amines is 1. The van der Waals surface area contributed by atoms with Crippen LogP contribution in [0.2, 0.25) is 0 Å². The van der Waals surface area contributed by atoms with E-state index in [-0.39, 0.29) is 24.5 Å². The molecule has 2 rings (SSSR count). The van der Waals surface area contributed by atoms with Gasteiger partial charge >= 0.3 is 5.69 Å². The summed E-state index contributed by atoms with van der Waals surface area (Å²) in [5.74, 6) is 0.173. The molecule has 0 aliphatic carbocycles. The van der Waals surface area contributed by atoms with Gasteiger partial charge in [0.2, 0.25) is 5.75 Å². The molecule has 0 saturated carbocycles. The van der Waals surface area contributed by atoms with E-state index in [4.69, 9.17) is 15.0 Å². The minimum absolute atomic E-state index is 0.108. The molecule has 0 amide bonds. The maximum Gasteiger partial charge on any atom is 0.330 e. The van der Waals surface area contributed by atoms with Gasteiger partial charge in [0.15, 0.2) is 0 Å². The zero-order valence-electron chi connectivity index (χ0n) is 11.8. The number of hydrogen-bond acceptors (Lipinski definition) is 6. The van der Waals surface area contributed by atoms with Crippen molar-refractivity contribution in [2.24, 2.45) is 5.11 Å². The van der Waals surface area contributed by atoms with Crippen molar-refractivity contribution in [1.29, 1.82) is 0 Å². The van der Waals surface area contributed by atoms with E-state index in [1.807, 2.05) is 0 Å². The first-order valence-corrected chi connectivity index (χ1v) is 6.45. The highest BCUT2D eigenvalue weighted by Gasteiger charge is 2.36. The van der Waals surface area contributed by atoms with Gasteiger partial charge in [-0.3, -0.25) is 14.3 Å². The molecule has 3 unspecified atom stereocenters. The van der Waals surface area contributed by atoms with Crippen molar-refractivity contribution in [3.8, 4) is 5.75 Å². The summed E-state index contributed by atoms with van der Waals surface area (Å²) in [4.78, 5) is 28.4. The molecule has 2 N–H and O–H groups in total. The van der Waals surface area contributed by atoms with Crippen LogP contribution in [0.5, 0.6) is 5.75 Å². The second-order valence-corrected chi connectivity index (χ2v) is 4.78. The predicted octanol–water partition coefficient (Wildman–Crippen LogP) is 0.408. The maximum absolute atomic E-state index is 11.9. The predicted molar refractivity (Wildman–Crippen MR) is 75.3 cm³/mol. The van der Waals surface area contributed by atoms with Crippen LogP contribution in [-0.4, -0.2) is 33.4 Å². The summed E-state index contributed by atoms with van der Waals surface area (Å²) in [7, 11) is 0. The number of aliphatic hydroxyl groups is 1. The van der Waals surface area contributed by atoms with Gasteiger partial charge in [0.05, 0.1) is 30.7 Å². The molecular weight excluding hydrogens is 294 g/mol. The number of nitrogens with zero attached hydrogens (tertiary/aromatic N) is 4. The lowest BCUT2D eigenvalue weighted by molar-refractivity contribution is -0.0273. The lowest BCUT2D eigenvalue weighted by Gasteiger charge is -2.15. The molecule has 118 valence electrons. The van der Waals surface area contributed by atoms with Gasteiger partial charge < -0.3 is 14.6 Å². The Kier molecular flexibility index (Phi) is 4.66. The van der Waals surface area contributed by atoms with Crippen LogP contribution < -0.4 is 16.0 Å². The Bertz CT molecular complexity index is 732. The molecule has 1 aromatic heterocycles. The summed E-state index contributed by atoms with van der Waals surface area (Å²) in [5.41, 5.74) is 7.13. The van der Waals surface area contributed by atoms with E-state index in [0.717, 1.165) is 4.57 Å². The van der Waals surface area contributed by atoms with Gasteiger partial charge in [0.25, 0.3) is 5.56 Å². The first-order valence-electron chi connectivity index (χ1n) is 6.45. The molecule has 2 heterocycles. The molecule has 1 aliphatic rings. The van der Waals surface area contributed by atoms with Gasteiger partial charge in [0.1, 0.15) is 6.23 Å². The Balaban J connectivity index is 2.36. The number of H-pyrrole nitrogens is 1. The lowest BCUT2D eigenvalue weighted by Crippen LogP contribution is -2.33. The van der Waals surface area contributed by atoms with Crippen LogP contribution >= 0.6 is 0 Å². The number of aliphatic hydroxyl groups excluding tert-OH is 1. The van der Waals surface area contributed by atoms with Gasteiger partial charge in [0, 0.05) is 11.3 Å². The second-order valence-electron chi connectivity index (χ2n) is 4.78. The topological polar surface area (TPSA) is 142 Å². The van der Waals surface area contributed by atoms with E-state index >= 15 is 0 Å². The Morgan fingerprint density at radius 3 is 3.05 bits per heavy atom. The quantitative estimate of drug-likeness (QED) is 0.350. The number of rotatable bonds is 5. The summed E-state index contributed by atoms with van der Waals surface area (Å²) < 4.78 is 11.8. The molecule has 1 aliphatic heterocycles. The van der Waals surface area contributed by atoms with Crippen LogP contribution in [-0.2, 0) is 4.74 Å². The number of nitrogens with one attached hydrogen (secondary N) is 1. The number of allylic oxidation sites excluding steroid dienone is 1. The normalized spacial score (nSPS) is 23.8. The molecular formula is C12H15N5O5. The molecule has 10 heteroatoms. The smallest absolute Gasteiger partial charge is 0.330 e. The highest BCUT2D eigenvalue weighted by atomic mass is 16.5. The highest BCUT2D eigenvalue weighted by Crippen LogP contribution is 2.30. The molecule has 10 nitrogen and oxygen atoms in total. The molecule has 0 bridgehead atoms. The van der Waals surface area contributed by atoms with Crippen LogP contribution in [0.15, 0.2) is 33.2 Å². The third kappa shape index (κ3) is 3.19. The van der Waals surface area contributed by atoms with E-state index in [9.17, 15) is 14.7 Å². The fourth-order valence-electron chi connectivity index (χ4n) is 2.18. The van der Waals surface area contributed by atoms with E-state index in [0.29, 0.717) is 0 Å². The van der Waals surface area contributed by atoms with Crippen LogP contribution in [0.4, 0.5) is 0 Å². The Hall–Kier alpha value is -2.55. The SMILES string of the molecule is C=C(C)Oc1cn(C2CC(N=[N+]=[N-])C(CO)O2)c(=O)[nH]c1=O. The Morgan fingerprint density at radius 1 is 1.73 bits per heavy atom. The third-order valence-electron chi connectivity index (χ3n) is 3.11. The highest BCUT2D eigenvalue weighted by molar-refractivity contribution is 5.15. The fourth-order valence-corrected chi connectivity index (χ4v) is 2.18. The molecule has 1 saturated heterocycles. The van der Waals surface area contributed by atoms with Gasteiger partial charge in [-0.1, -0.05) is 11.7 Å². The first-order chi connectivity index (χ1) is 10.5. The largest absolute Gasteiger partial charge is 0.455 e. The van der Waals surface area contributed by atoms with Gasteiger partial charge in [-0.05, 0) is 12.5 Å². The van der Waals surface area contributed by atoms with Gasteiger partial charge in [-0.25, -0.2) is 4.79 Å². The number of ether oxygens (including phenoxy) is 2. The molecule has 3 atom stereocenters. The van der Waals surface area contributed by atoms with E-state index in [1.54, 1.807) is 6.92 Å². The summed E-state index contributed by atoms with van der Waals surface area (Å²) >= 11 is 0. The lowest BCUT2D eigenvalue weighted by atomic mass is 10.1. The standard InChI is InChI=1S/C12H15N5O5/c1-6(2)21-8-4-17(12(20)14-11(8)19)10-3-7(15-16-13)9(5-18)22-10/h4,7,9-10,18H,1,3,5H2,2H3,(H,14,19,20). The number of aromatic nitrogens is 2. The summed E-state index contributed by atoms with van der Waals surface area (Å²) in [6.45, 7) is 4.72. The molecule has 1 fully saturated rings. The number of azide groups is 1. The zero-order chi connectivity index (χ0) is 16.3. The fraction of sp³-hybridized carbons (Fsp3) is 0.500. The zero-order valence-corrected chi connectivity index (χ0v) is 11.8. The minimum Gasteiger partial charge on any atom is -0.455 e.